The number of aryl methyl sites for hydroxylation is 1. The first kappa shape index (κ1) is 8.23. The van der Waals surface area contributed by atoms with Gasteiger partial charge in [-0.1, -0.05) is 18.2 Å². The van der Waals surface area contributed by atoms with Gasteiger partial charge in [-0.2, -0.15) is 5.10 Å². The van der Waals surface area contributed by atoms with Crippen LogP contribution in [-0.4, -0.2) is 14.8 Å². The summed E-state index contributed by atoms with van der Waals surface area (Å²) in [4.78, 5) is 11.9. The predicted octanol–water partition coefficient (Wildman–Crippen LogP) is 1.41. The Bertz CT molecular complexity index is 708. The number of hydrogen-bond acceptors (Lipinski definition) is 2. The molecule has 0 saturated heterocycles. The van der Waals surface area contributed by atoms with Crippen molar-refractivity contribution in [3.05, 3.63) is 40.8 Å². The van der Waals surface area contributed by atoms with E-state index in [0.29, 0.717) is 5.52 Å². The Morgan fingerprint density at radius 3 is 2.93 bits per heavy atom. The highest BCUT2D eigenvalue weighted by atomic mass is 16.1. The van der Waals surface area contributed by atoms with Gasteiger partial charge in [0.1, 0.15) is 5.52 Å². The van der Waals surface area contributed by atoms with Gasteiger partial charge in [0.15, 0.2) is 0 Å². The molecule has 3 rings (SSSR count). The molecule has 0 spiro atoms. The maximum atomic E-state index is 11.9. The van der Waals surface area contributed by atoms with Gasteiger partial charge in [0.2, 0.25) is 0 Å². The molecule has 1 aromatic carbocycles. The van der Waals surface area contributed by atoms with Gasteiger partial charge in [-0.25, -0.2) is 0 Å². The van der Waals surface area contributed by atoms with Crippen molar-refractivity contribution >= 4 is 21.8 Å². The minimum Gasteiger partial charge on any atom is -0.309 e. The molecule has 0 saturated carbocycles. The van der Waals surface area contributed by atoms with Crippen LogP contribution in [-0.2, 0) is 7.05 Å². The van der Waals surface area contributed by atoms with Crippen molar-refractivity contribution in [2.75, 3.05) is 0 Å². The first-order chi connectivity index (χ1) is 7.29. The highest BCUT2D eigenvalue weighted by Gasteiger charge is 2.08. The molecule has 4 heteroatoms. The Morgan fingerprint density at radius 2 is 2.07 bits per heavy atom. The van der Waals surface area contributed by atoms with Gasteiger partial charge in [-0.15, -0.1) is 0 Å². The van der Waals surface area contributed by atoms with E-state index in [1.54, 1.807) is 17.8 Å². The van der Waals surface area contributed by atoms with E-state index in [9.17, 15) is 4.79 Å². The van der Waals surface area contributed by atoms with Crippen LogP contribution in [0.5, 0.6) is 0 Å². The van der Waals surface area contributed by atoms with Crippen LogP contribution < -0.4 is 5.56 Å². The Kier molecular flexibility index (Phi) is 1.48. The summed E-state index contributed by atoms with van der Waals surface area (Å²) in [6.45, 7) is 0. The number of pyridine rings is 1. The topological polar surface area (TPSA) is 50.7 Å². The summed E-state index contributed by atoms with van der Waals surface area (Å²) in [5, 5.41) is 8.58. The zero-order valence-electron chi connectivity index (χ0n) is 8.19. The average molecular weight is 199 g/mol. The molecular weight excluding hydrogens is 190 g/mol. The van der Waals surface area contributed by atoms with Crippen molar-refractivity contribution in [3.63, 3.8) is 0 Å². The Hall–Kier alpha value is -2.10. The quantitative estimate of drug-likeness (QED) is 0.595. The second-order valence-electron chi connectivity index (χ2n) is 3.54. The normalized spacial score (nSPS) is 11.3. The summed E-state index contributed by atoms with van der Waals surface area (Å²) < 4.78 is 1.63. The maximum absolute atomic E-state index is 11.9. The molecule has 0 bridgehead atoms. The van der Waals surface area contributed by atoms with Crippen molar-refractivity contribution in [2.24, 2.45) is 7.05 Å². The van der Waals surface area contributed by atoms with Gasteiger partial charge in [0, 0.05) is 17.8 Å². The lowest BCUT2D eigenvalue weighted by molar-refractivity contribution is 0.911. The van der Waals surface area contributed by atoms with Gasteiger partial charge in [0.25, 0.3) is 5.56 Å². The van der Waals surface area contributed by atoms with E-state index >= 15 is 0 Å². The van der Waals surface area contributed by atoms with Crippen LogP contribution in [0.3, 0.4) is 0 Å². The number of benzene rings is 1. The molecule has 0 radical (unpaired) electrons. The number of aromatic amines is 1. The summed E-state index contributed by atoms with van der Waals surface area (Å²) in [7, 11) is 1.77. The zero-order valence-corrected chi connectivity index (χ0v) is 8.19. The van der Waals surface area contributed by atoms with E-state index in [2.05, 4.69) is 10.2 Å². The van der Waals surface area contributed by atoms with E-state index in [0.717, 1.165) is 16.3 Å². The van der Waals surface area contributed by atoms with Gasteiger partial charge in [0.05, 0.1) is 11.7 Å². The summed E-state index contributed by atoms with van der Waals surface area (Å²) in [5.41, 5.74) is 1.45. The van der Waals surface area contributed by atoms with E-state index in [-0.39, 0.29) is 5.56 Å². The fourth-order valence-corrected chi connectivity index (χ4v) is 1.92. The molecule has 0 aliphatic rings. The highest BCUT2D eigenvalue weighted by molar-refractivity contribution is 6.03. The van der Waals surface area contributed by atoms with E-state index in [1.165, 1.54) is 0 Å². The number of H-pyrrole nitrogens is 1. The summed E-state index contributed by atoms with van der Waals surface area (Å²) in [6, 6.07) is 7.81. The lowest BCUT2D eigenvalue weighted by Crippen LogP contribution is -2.17. The van der Waals surface area contributed by atoms with Crippen LogP contribution in [0.15, 0.2) is 35.3 Å². The highest BCUT2D eigenvalue weighted by Crippen LogP contribution is 2.19. The van der Waals surface area contributed by atoms with E-state index < -0.39 is 0 Å². The van der Waals surface area contributed by atoms with Crippen molar-refractivity contribution in [2.45, 2.75) is 0 Å². The van der Waals surface area contributed by atoms with Gasteiger partial charge < -0.3 is 4.57 Å². The third kappa shape index (κ3) is 0.958. The first-order valence-electron chi connectivity index (χ1n) is 4.70. The number of fused-ring (bicyclic) bond motifs is 3. The number of nitrogens with zero attached hydrogens (tertiary/aromatic N) is 2. The largest absolute Gasteiger partial charge is 0.309 e. The van der Waals surface area contributed by atoms with Crippen LogP contribution in [0.25, 0.3) is 21.8 Å². The molecule has 0 fully saturated rings. The molecule has 0 aliphatic carbocycles. The second kappa shape index (κ2) is 2.70. The van der Waals surface area contributed by atoms with E-state index in [4.69, 9.17) is 0 Å². The number of hydrogen-bond donors (Lipinski definition) is 1. The molecule has 2 heterocycles. The molecule has 3 aromatic rings. The number of nitrogens with one attached hydrogen (secondary N) is 1. The standard InChI is InChI=1S/C11H9N3O/c1-14-9-5-3-2-4-7(9)8-6-12-13-10(8)11(14)15/h2-6H,1H3,(H,12,13). The third-order valence-electron chi connectivity index (χ3n) is 2.71. The molecule has 0 aliphatic heterocycles. The van der Waals surface area contributed by atoms with Crippen LogP contribution in [0.4, 0.5) is 0 Å². The minimum atomic E-state index is -0.0406. The number of para-hydroxylation sites is 1. The first-order valence-corrected chi connectivity index (χ1v) is 4.70. The molecule has 15 heavy (non-hydrogen) atoms. The Labute approximate surface area is 85.1 Å². The van der Waals surface area contributed by atoms with Crippen LogP contribution >= 0.6 is 0 Å². The molecule has 74 valence electrons. The third-order valence-corrected chi connectivity index (χ3v) is 2.71. The smallest absolute Gasteiger partial charge is 0.276 e. The van der Waals surface area contributed by atoms with Crippen LogP contribution in [0, 0.1) is 0 Å². The number of aromatic nitrogens is 3. The maximum Gasteiger partial charge on any atom is 0.276 e. The van der Waals surface area contributed by atoms with Crippen molar-refractivity contribution < 1.29 is 0 Å². The fourth-order valence-electron chi connectivity index (χ4n) is 1.92. The molecule has 1 N–H and O–H groups in total. The van der Waals surface area contributed by atoms with Crippen LogP contribution in [0.1, 0.15) is 0 Å². The predicted molar refractivity (Wildman–Crippen MR) is 58.8 cm³/mol. The minimum absolute atomic E-state index is 0.0406. The lowest BCUT2D eigenvalue weighted by Gasteiger charge is -2.04. The van der Waals surface area contributed by atoms with Crippen LogP contribution in [0.2, 0.25) is 0 Å². The average Bonchev–Trinajstić information content (AvgIpc) is 2.75. The number of rotatable bonds is 0. The van der Waals surface area contributed by atoms with Gasteiger partial charge in [-0.05, 0) is 6.07 Å². The molecular formula is C11H9N3O. The van der Waals surface area contributed by atoms with Gasteiger partial charge >= 0.3 is 0 Å². The van der Waals surface area contributed by atoms with E-state index in [1.807, 2.05) is 24.3 Å². The Morgan fingerprint density at radius 1 is 1.27 bits per heavy atom. The molecule has 0 unspecified atom stereocenters. The monoisotopic (exact) mass is 199 g/mol. The zero-order chi connectivity index (χ0) is 10.4. The molecule has 4 nitrogen and oxygen atoms in total. The molecule has 0 atom stereocenters. The summed E-state index contributed by atoms with van der Waals surface area (Å²) in [6.07, 6.45) is 1.69. The van der Waals surface area contributed by atoms with Gasteiger partial charge in [-0.3, -0.25) is 9.89 Å². The van der Waals surface area contributed by atoms with Crippen molar-refractivity contribution in [1.29, 1.82) is 0 Å². The van der Waals surface area contributed by atoms with Crippen molar-refractivity contribution in [3.8, 4) is 0 Å². The lowest BCUT2D eigenvalue weighted by atomic mass is 10.1. The Balaban J connectivity index is 2.77. The van der Waals surface area contributed by atoms with Crippen molar-refractivity contribution in [1.82, 2.24) is 14.8 Å². The fraction of sp³-hybridized carbons (Fsp3) is 0.0909. The SMILES string of the molecule is Cn1c(=O)c2[nH]ncc2c2ccccc21. The molecule has 2 aromatic heterocycles. The summed E-state index contributed by atoms with van der Waals surface area (Å²) in [5.74, 6) is 0. The molecule has 0 amide bonds. The summed E-state index contributed by atoms with van der Waals surface area (Å²) >= 11 is 0. The second-order valence-corrected chi connectivity index (χ2v) is 3.54.